The first-order chi connectivity index (χ1) is 12.2. The first kappa shape index (κ1) is 23.3. The van der Waals surface area contributed by atoms with E-state index in [0.717, 1.165) is 31.9 Å². The molecule has 0 aromatic carbocycles. The monoisotopic (exact) mass is 379 g/mol. The first-order valence-electron chi connectivity index (χ1n) is 10.2. The molecule has 0 aliphatic heterocycles. The van der Waals surface area contributed by atoms with E-state index in [-0.39, 0.29) is 5.04 Å². The van der Waals surface area contributed by atoms with Crippen LogP contribution in [0.1, 0.15) is 58.7 Å². The predicted molar refractivity (Wildman–Crippen MR) is 115 cm³/mol. The summed E-state index contributed by atoms with van der Waals surface area (Å²) in [6.07, 6.45) is 4.37. The Morgan fingerprint density at radius 3 is 2.46 bits per heavy atom. The van der Waals surface area contributed by atoms with Crippen LogP contribution in [0.15, 0.2) is 18.3 Å². The van der Waals surface area contributed by atoms with E-state index in [2.05, 4.69) is 75.0 Å². The zero-order valence-corrected chi connectivity index (χ0v) is 19.2. The zero-order valence-electron chi connectivity index (χ0n) is 18.2. The van der Waals surface area contributed by atoms with Gasteiger partial charge < -0.3 is 14.6 Å². The lowest BCUT2D eigenvalue weighted by molar-refractivity contribution is 0.276. The van der Waals surface area contributed by atoms with E-state index in [4.69, 9.17) is 4.43 Å². The number of nitrogens with one attached hydrogen (secondary N) is 1. The maximum atomic E-state index is 6.32. The predicted octanol–water partition coefficient (Wildman–Crippen LogP) is 4.82. The average Bonchev–Trinajstić information content (AvgIpc) is 2.59. The van der Waals surface area contributed by atoms with Crippen LogP contribution in [0.3, 0.4) is 0 Å². The average molecular weight is 380 g/mol. The fourth-order valence-corrected chi connectivity index (χ4v) is 3.50. The maximum Gasteiger partial charge on any atom is 0.192 e. The highest BCUT2D eigenvalue weighted by atomic mass is 28.4. The second-order valence-corrected chi connectivity index (χ2v) is 13.4. The van der Waals surface area contributed by atoms with Crippen LogP contribution < -0.4 is 5.32 Å². The molecule has 0 saturated heterocycles. The smallest absolute Gasteiger partial charge is 0.192 e. The number of hydrogen-bond acceptors (Lipinski definition) is 4. The van der Waals surface area contributed by atoms with Crippen molar-refractivity contribution < 1.29 is 4.43 Å². The van der Waals surface area contributed by atoms with Crippen LogP contribution in [0.5, 0.6) is 0 Å². The minimum atomic E-state index is -1.70. The molecule has 1 aromatic heterocycles. The summed E-state index contributed by atoms with van der Waals surface area (Å²) >= 11 is 0. The number of unbranched alkanes of at least 4 members (excludes halogenated alkanes) is 1. The van der Waals surface area contributed by atoms with Crippen molar-refractivity contribution in [1.82, 2.24) is 15.2 Å². The molecule has 0 spiro atoms. The quantitative estimate of drug-likeness (QED) is 0.417. The Morgan fingerprint density at radius 2 is 1.85 bits per heavy atom. The fraction of sp³-hybridized carbons (Fsp3) is 0.762. The van der Waals surface area contributed by atoms with Crippen LogP contribution in [0.25, 0.3) is 0 Å². The van der Waals surface area contributed by atoms with Crippen molar-refractivity contribution in [1.29, 1.82) is 0 Å². The van der Waals surface area contributed by atoms with Crippen molar-refractivity contribution in [2.75, 3.05) is 26.2 Å². The fourth-order valence-electron chi connectivity index (χ4n) is 2.54. The Kier molecular flexibility index (Phi) is 10.0. The Bertz CT molecular complexity index is 510. The highest BCUT2D eigenvalue weighted by molar-refractivity contribution is 6.74. The van der Waals surface area contributed by atoms with E-state index < -0.39 is 8.32 Å². The lowest BCUT2D eigenvalue weighted by Crippen LogP contribution is -2.40. The maximum absolute atomic E-state index is 6.32. The second-order valence-electron chi connectivity index (χ2n) is 8.62. The Labute approximate surface area is 162 Å². The third-order valence-electron chi connectivity index (χ3n) is 5.57. The van der Waals surface area contributed by atoms with Gasteiger partial charge in [0.05, 0.1) is 12.3 Å². The molecular weight excluding hydrogens is 338 g/mol. The van der Waals surface area contributed by atoms with Gasteiger partial charge >= 0.3 is 0 Å². The molecule has 0 aliphatic rings. The molecule has 1 aromatic rings. The van der Waals surface area contributed by atoms with Gasteiger partial charge in [0.25, 0.3) is 0 Å². The number of aromatic nitrogens is 1. The lowest BCUT2D eigenvalue weighted by atomic mass is 10.2. The SMILES string of the molecule is CCN(CC)CCCCNCc1cc(CO[Si](C)(C)C(C)(C)C)ccn1. The van der Waals surface area contributed by atoms with Crippen molar-refractivity contribution in [3.8, 4) is 0 Å². The van der Waals surface area contributed by atoms with Crippen molar-refractivity contribution in [3.05, 3.63) is 29.6 Å². The molecule has 0 unspecified atom stereocenters. The molecule has 0 saturated carbocycles. The highest BCUT2D eigenvalue weighted by Crippen LogP contribution is 2.37. The van der Waals surface area contributed by atoms with Gasteiger partial charge in [0.15, 0.2) is 8.32 Å². The minimum absolute atomic E-state index is 0.246. The normalized spacial score (nSPS) is 12.8. The molecule has 1 heterocycles. The number of hydrogen-bond donors (Lipinski definition) is 1. The summed E-state index contributed by atoms with van der Waals surface area (Å²) < 4.78 is 6.32. The summed E-state index contributed by atoms with van der Waals surface area (Å²) in [5.41, 5.74) is 2.33. The van der Waals surface area contributed by atoms with Crippen LogP contribution >= 0.6 is 0 Å². The molecule has 26 heavy (non-hydrogen) atoms. The van der Waals surface area contributed by atoms with Gasteiger partial charge in [-0.3, -0.25) is 4.98 Å². The number of pyridine rings is 1. The molecule has 0 radical (unpaired) electrons. The second kappa shape index (κ2) is 11.2. The summed E-state index contributed by atoms with van der Waals surface area (Å²) in [4.78, 5) is 6.97. The molecule has 0 aliphatic carbocycles. The van der Waals surface area contributed by atoms with Crippen molar-refractivity contribution in [2.45, 2.75) is 78.7 Å². The largest absolute Gasteiger partial charge is 0.413 e. The Hall–Kier alpha value is -0.753. The number of nitrogens with zero attached hydrogens (tertiary/aromatic N) is 2. The van der Waals surface area contributed by atoms with Crippen LogP contribution in [0, 0.1) is 0 Å². The molecule has 0 fully saturated rings. The van der Waals surface area contributed by atoms with Gasteiger partial charge in [-0.15, -0.1) is 0 Å². The van der Waals surface area contributed by atoms with E-state index in [1.165, 1.54) is 24.9 Å². The van der Waals surface area contributed by atoms with E-state index in [1.807, 2.05) is 6.20 Å². The third kappa shape index (κ3) is 8.29. The van der Waals surface area contributed by atoms with Crippen molar-refractivity contribution >= 4 is 8.32 Å². The van der Waals surface area contributed by atoms with Crippen molar-refractivity contribution in [3.63, 3.8) is 0 Å². The van der Waals surface area contributed by atoms with Gasteiger partial charge in [-0.2, -0.15) is 0 Å². The van der Waals surface area contributed by atoms with Gasteiger partial charge in [-0.05, 0) is 74.8 Å². The van der Waals surface area contributed by atoms with E-state index in [9.17, 15) is 0 Å². The molecule has 150 valence electrons. The molecule has 0 amide bonds. The Balaban J connectivity index is 2.34. The molecule has 1 rings (SSSR count). The van der Waals surface area contributed by atoms with Crippen LogP contribution in [0.4, 0.5) is 0 Å². The first-order valence-corrected chi connectivity index (χ1v) is 13.1. The summed E-state index contributed by atoms with van der Waals surface area (Å²) in [6, 6.07) is 4.25. The van der Waals surface area contributed by atoms with Crippen molar-refractivity contribution in [2.24, 2.45) is 0 Å². The summed E-state index contributed by atoms with van der Waals surface area (Å²) in [6.45, 7) is 22.0. The molecular formula is C21H41N3OSi. The molecule has 0 bridgehead atoms. The van der Waals surface area contributed by atoms with Crippen LogP contribution in [0.2, 0.25) is 18.1 Å². The van der Waals surface area contributed by atoms with Gasteiger partial charge in [-0.1, -0.05) is 34.6 Å². The van der Waals surface area contributed by atoms with Crippen LogP contribution in [-0.4, -0.2) is 44.4 Å². The van der Waals surface area contributed by atoms with Crippen LogP contribution in [-0.2, 0) is 17.6 Å². The molecule has 0 atom stereocenters. The molecule has 5 heteroatoms. The molecule has 4 nitrogen and oxygen atoms in total. The van der Waals surface area contributed by atoms with Gasteiger partial charge in [0.1, 0.15) is 0 Å². The topological polar surface area (TPSA) is 37.4 Å². The third-order valence-corrected chi connectivity index (χ3v) is 10.0. The van der Waals surface area contributed by atoms with Gasteiger partial charge in [0.2, 0.25) is 0 Å². The van der Waals surface area contributed by atoms with Gasteiger partial charge in [-0.25, -0.2) is 0 Å². The summed E-state index contributed by atoms with van der Waals surface area (Å²) in [7, 11) is -1.70. The zero-order chi connectivity index (χ0) is 19.6. The summed E-state index contributed by atoms with van der Waals surface area (Å²) in [5.74, 6) is 0. The van der Waals surface area contributed by atoms with Gasteiger partial charge in [0, 0.05) is 12.7 Å². The summed E-state index contributed by atoms with van der Waals surface area (Å²) in [5, 5.41) is 3.77. The van der Waals surface area contributed by atoms with E-state index >= 15 is 0 Å². The molecule has 1 N–H and O–H groups in total. The lowest BCUT2D eigenvalue weighted by Gasteiger charge is -2.36. The van der Waals surface area contributed by atoms with E-state index in [0.29, 0.717) is 6.61 Å². The standard InChI is InChI=1S/C21H41N3OSi/c1-8-24(9-2)15-11-10-13-22-17-20-16-19(12-14-23-20)18-25-26(6,7)21(3,4)5/h12,14,16,22H,8-11,13,15,17-18H2,1-7H3. The Morgan fingerprint density at radius 1 is 1.15 bits per heavy atom. The van der Waals surface area contributed by atoms with E-state index in [1.54, 1.807) is 0 Å². The highest BCUT2D eigenvalue weighted by Gasteiger charge is 2.36. The minimum Gasteiger partial charge on any atom is -0.413 e. The number of rotatable bonds is 12.